The minimum absolute atomic E-state index is 1.01. The van der Waals surface area contributed by atoms with Gasteiger partial charge in [-0.25, -0.2) is 4.98 Å². The minimum Gasteiger partial charge on any atom is -0.292 e. The highest BCUT2D eigenvalue weighted by Gasteiger charge is 2.13. The minimum atomic E-state index is 1.01. The molecule has 0 radical (unpaired) electrons. The number of para-hydroxylation sites is 1. The van der Waals surface area contributed by atoms with Crippen LogP contribution >= 0.6 is 0 Å². The molecule has 0 aliphatic heterocycles. The van der Waals surface area contributed by atoms with Gasteiger partial charge in [0, 0.05) is 10.8 Å². The maximum absolute atomic E-state index is 5.04. The van der Waals surface area contributed by atoms with Crippen LogP contribution in [-0.2, 0) is 0 Å². The zero-order chi connectivity index (χ0) is 19.2. The smallest absolute Gasteiger partial charge is 0.146 e. The molecule has 2 heteroatoms. The van der Waals surface area contributed by atoms with Crippen molar-refractivity contribution in [2.75, 3.05) is 0 Å². The Hall–Kier alpha value is -3.91. The van der Waals surface area contributed by atoms with E-state index in [-0.39, 0.29) is 0 Å². The Morgan fingerprint density at radius 3 is 2.10 bits per heavy atom. The van der Waals surface area contributed by atoms with E-state index < -0.39 is 0 Å². The molecule has 0 fully saturated rings. The molecule has 2 heterocycles. The Balaban J connectivity index is 1.63. The Labute approximate surface area is 168 Å². The molecule has 0 aliphatic carbocycles. The topological polar surface area (TPSA) is 17.3 Å². The van der Waals surface area contributed by atoms with E-state index in [0.29, 0.717) is 0 Å². The van der Waals surface area contributed by atoms with Gasteiger partial charge in [0.2, 0.25) is 0 Å². The van der Waals surface area contributed by atoms with Crippen molar-refractivity contribution in [2.45, 2.75) is 0 Å². The van der Waals surface area contributed by atoms with Crippen LogP contribution in [0.3, 0.4) is 0 Å². The number of hydrogen-bond donors (Lipinski definition) is 0. The first-order chi connectivity index (χ1) is 14.4. The van der Waals surface area contributed by atoms with Crippen molar-refractivity contribution in [3.63, 3.8) is 0 Å². The summed E-state index contributed by atoms with van der Waals surface area (Å²) < 4.78 is 2.29. The fraction of sp³-hybridized carbons (Fsp3) is 0. The molecule has 6 aromatic rings. The van der Waals surface area contributed by atoms with Gasteiger partial charge in [-0.2, -0.15) is 0 Å². The largest absolute Gasteiger partial charge is 0.292 e. The summed E-state index contributed by atoms with van der Waals surface area (Å²) in [5.74, 6) is 0. The number of rotatable bonds is 2. The first-order valence-corrected chi connectivity index (χ1v) is 9.83. The molecule has 0 saturated carbocycles. The summed E-state index contributed by atoms with van der Waals surface area (Å²) in [5, 5.41) is 3.68. The number of benzene rings is 4. The lowest BCUT2D eigenvalue weighted by atomic mass is 10.1. The molecule has 2 aromatic heterocycles. The van der Waals surface area contributed by atoms with Crippen LogP contribution in [0.5, 0.6) is 0 Å². The molecule has 136 valence electrons. The molecule has 29 heavy (non-hydrogen) atoms. The summed E-state index contributed by atoms with van der Waals surface area (Å²) in [6.07, 6.45) is 4.29. The van der Waals surface area contributed by atoms with E-state index in [2.05, 4.69) is 108 Å². The summed E-state index contributed by atoms with van der Waals surface area (Å²) in [4.78, 5) is 5.04. The van der Waals surface area contributed by atoms with E-state index in [1.54, 1.807) is 0 Å². The maximum Gasteiger partial charge on any atom is 0.146 e. The second-order valence-corrected chi connectivity index (χ2v) is 7.33. The van der Waals surface area contributed by atoms with Gasteiger partial charge in [0.25, 0.3) is 0 Å². The fourth-order valence-electron chi connectivity index (χ4n) is 4.19. The molecule has 0 bridgehead atoms. The lowest BCUT2D eigenvalue weighted by molar-refractivity contribution is 1.31. The van der Waals surface area contributed by atoms with Gasteiger partial charge in [0.15, 0.2) is 0 Å². The van der Waals surface area contributed by atoms with Crippen LogP contribution in [-0.4, -0.2) is 9.38 Å². The number of fused-ring (bicyclic) bond motifs is 8. The van der Waals surface area contributed by atoms with E-state index in [1.807, 2.05) is 6.07 Å². The summed E-state index contributed by atoms with van der Waals surface area (Å²) in [5.41, 5.74) is 6.70. The molecular weight excluding hydrogens is 352 g/mol. The van der Waals surface area contributed by atoms with Crippen LogP contribution in [0.1, 0.15) is 11.1 Å². The highest BCUT2D eigenvalue weighted by atomic mass is 15.0. The molecule has 6 rings (SSSR count). The normalized spacial score (nSPS) is 12.0. The van der Waals surface area contributed by atoms with Crippen LogP contribution in [0, 0.1) is 0 Å². The molecule has 0 unspecified atom stereocenters. The van der Waals surface area contributed by atoms with Gasteiger partial charge in [-0.05, 0) is 34.7 Å². The standard InChI is InChI=1S/C27H18N2/c1-2-8-19(9-3-1)14-15-20-16-17-26-24(18-20)28-27-23-12-5-4-10-21(23)22-11-6-7-13-25(22)29(26)27/h1-18H/b15-14+. The number of pyridine rings is 1. The first-order valence-electron chi connectivity index (χ1n) is 9.83. The molecule has 2 nitrogen and oxygen atoms in total. The summed E-state index contributed by atoms with van der Waals surface area (Å²) >= 11 is 0. The van der Waals surface area contributed by atoms with Crippen molar-refractivity contribution in [3.05, 3.63) is 108 Å². The zero-order valence-corrected chi connectivity index (χ0v) is 15.8. The molecular formula is C27H18N2. The van der Waals surface area contributed by atoms with E-state index in [4.69, 9.17) is 4.98 Å². The average Bonchev–Trinajstić information content (AvgIpc) is 3.18. The Morgan fingerprint density at radius 2 is 1.24 bits per heavy atom. The van der Waals surface area contributed by atoms with Crippen molar-refractivity contribution in [2.24, 2.45) is 0 Å². The lowest BCUT2D eigenvalue weighted by Crippen LogP contribution is -1.90. The SMILES string of the molecule is C(=C\c1ccc2c(c1)nc1c3ccccc3c3ccccc3n21)/c1ccccc1. The summed E-state index contributed by atoms with van der Waals surface area (Å²) in [6, 6.07) is 34.0. The second-order valence-electron chi connectivity index (χ2n) is 7.33. The number of nitrogens with zero attached hydrogens (tertiary/aromatic N) is 2. The number of hydrogen-bond acceptors (Lipinski definition) is 1. The van der Waals surface area contributed by atoms with E-state index in [9.17, 15) is 0 Å². The van der Waals surface area contributed by atoms with Crippen LogP contribution in [0.25, 0.3) is 50.5 Å². The van der Waals surface area contributed by atoms with Crippen molar-refractivity contribution < 1.29 is 0 Å². The molecule has 0 saturated heterocycles. The van der Waals surface area contributed by atoms with Gasteiger partial charge in [0.1, 0.15) is 5.65 Å². The molecule has 0 atom stereocenters. The second kappa shape index (κ2) is 6.32. The number of imidazole rings is 1. The summed E-state index contributed by atoms with van der Waals surface area (Å²) in [7, 11) is 0. The Kier molecular flexibility index (Phi) is 3.50. The maximum atomic E-state index is 5.04. The van der Waals surface area contributed by atoms with Gasteiger partial charge >= 0.3 is 0 Å². The first kappa shape index (κ1) is 16.1. The molecule has 0 spiro atoms. The molecule has 0 aliphatic rings. The van der Waals surface area contributed by atoms with Crippen LogP contribution in [0.2, 0.25) is 0 Å². The van der Waals surface area contributed by atoms with Crippen molar-refractivity contribution in [1.82, 2.24) is 9.38 Å². The van der Waals surface area contributed by atoms with Gasteiger partial charge in [-0.1, -0.05) is 91.0 Å². The monoisotopic (exact) mass is 370 g/mol. The predicted molar refractivity (Wildman–Crippen MR) is 123 cm³/mol. The van der Waals surface area contributed by atoms with Crippen LogP contribution in [0.15, 0.2) is 97.1 Å². The third kappa shape index (κ3) is 2.54. The van der Waals surface area contributed by atoms with Gasteiger partial charge in [-0.15, -0.1) is 0 Å². The summed E-state index contributed by atoms with van der Waals surface area (Å²) in [6.45, 7) is 0. The molecule has 0 N–H and O–H groups in total. The lowest BCUT2D eigenvalue weighted by Gasteiger charge is -2.08. The van der Waals surface area contributed by atoms with Gasteiger partial charge in [0.05, 0.1) is 16.6 Å². The van der Waals surface area contributed by atoms with E-state index in [0.717, 1.165) is 22.2 Å². The van der Waals surface area contributed by atoms with Gasteiger partial charge < -0.3 is 0 Å². The average molecular weight is 370 g/mol. The molecule has 4 aromatic carbocycles. The van der Waals surface area contributed by atoms with E-state index >= 15 is 0 Å². The van der Waals surface area contributed by atoms with Crippen molar-refractivity contribution in [1.29, 1.82) is 0 Å². The van der Waals surface area contributed by atoms with Crippen LogP contribution < -0.4 is 0 Å². The Bertz CT molecular complexity index is 1540. The van der Waals surface area contributed by atoms with Crippen molar-refractivity contribution >= 4 is 50.5 Å². The van der Waals surface area contributed by atoms with Crippen LogP contribution in [0.4, 0.5) is 0 Å². The Morgan fingerprint density at radius 1 is 0.552 bits per heavy atom. The van der Waals surface area contributed by atoms with Gasteiger partial charge in [-0.3, -0.25) is 4.40 Å². The highest BCUT2D eigenvalue weighted by Crippen LogP contribution is 2.32. The zero-order valence-electron chi connectivity index (χ0n) is 15.8. The predicted octanol–water partition coefficient (Wildman–Crippen LogP) is 6.96. The quantitative estimate of drug-likeness (QED) is 0.238. The highest BCUT2D eigenvalue weighted by molar-refractivity contribution is 6.13. The number of aromatic nitrogens is 2. The third-order valence-corrected chi connectivity index (χ3v) is 5.55. The molecule has 0 amide bonds. The van der Waals surface area contributed by atoms with E-state index in [1.165, 1.54) is 27.2 Å². The third-order valence-electron chi connectivity index (χ3n) is 5.55. The van der Waals surface area contributed by atoms with Crippen molar-refractivity contribution in [3.8, 4) is 0 Å². The fourth-order valence-corrected chi connectivity index (χ4v) is 4.19.